The molecule has 0 aromatic rings. The van der Waals surface area contributed by atoms with Crippen LogP contribution in [0, 0.1) is 17.8 Å². The van der Waals surface area contributed by atoms with Crippen LogP contribution >= 0.6 is 0 Å². The summed E-state index contributed by atoms with van der Waals surface area (Å²) in [5.41, 5.74) is 0. The van der Waals surface area contributed by atoms with Gasteiger partial charge in [-0.1, -0.05) is 27.7 Å². The van der Waals surface area contributed by atoms with Crippen LogP contribution in [0.25, 0.3) is 0 Å². The number of esters is 1. The van der Waals surface area contributed by atoms with Gasteiger partial charge < -0.3 is 9.47 Å². The highest BCUT2D eigenvalue weighted by Crippen LogP contribution is 2.13. The number of rotatable bonds is 6. The smallest absolute Gasteiger partial charge is 0.311 e. The zero-order valence-electron chi connectivity index (χ0n) is 9.87. The van der Waals surface area contributed by atoms with Crippen molar-refractivity contribution < 1.29 is 14.3 Å². The van der Waals surface area contributed by atoms with E-state index in [0.717, 1.165) is 0 Å². The van der Waals surface area contributed by atoms with E-state index in [1.54, 1.807) is 7.11 Å². The Morgan fingerprint density at radius 1 is 1.14 bits per heavy atom. The van der Waals surface area contributed by atoms with Crippen LogP contribution in [0.4, 0.5) is 0 Å². The van der Waals surface area contributed by atoms with Crippen LogP contribution in [0.2, 0.25) is 0 Å². The Labute approximate surface area is 86.8 Å². The van der Waals surface area contributed by atoms with E-state index < -0.39 is 0 Å². The molecular formula is C11H22O3. The van der Waals surface area contributed by atoms with Crippen molar-refractivity contribution in [2.45, 2.75) is 27.7 Å². The molecule has 0 bridgehead atoms. The summed E-state index contributed by atoms with van der Waals surface area (Å²) >= 11 is 0. The highest BCUT2D eigenvalue weighted by atomic mass is 16.5. The number of methoxy groups -OCH3 is 1. The van der Waals surface area contributed by atoms with Crippen LogP contribution in [-0.4, -0.2) is 26.3 Å². The van der Waals surface area contributed by atoms with Crippen molar-refractivity contribution in [3.05, 3.63) is 0 Å². The van der Waals surface area contributed by atoms with Gasteiger partial charge in [0.25, 0.3) is 0 Å². The van der Waals surface area contributed by atoms with Gasteiger partial charge in [0.05, 0.1) is 19.1 Å². The Hall–Kier alpha value is -0.570. The second-order valence-electron chi connectivity index (χ2n) is 4.33. The summed E-state index contributed by atoms with van der Waals surface area (Å²) in [6.07, 6.45) is 0. The van der Waals surface area contributed by atoms with E-state index in [0.29, 0.717) is 19.1 Å². The number of carbonyl (C=O) groups is 1. The van der Waals surface area contributed by atoms with Gasteiger partial charge in [-0.15, -0.1) is 0 Å². The molecule has 0 aliphatic heterocycles. The molecule has 0 rings (SSSR count). The molecule has 0 aromatic carbocycles. The molecule has 3 nitrogen and oxygen atoms in total. The predicted octanol–water partition coefficient (Wildman–Crippen LogP) is 2.10. The molecule has 0 spiro atoms. The van der Waals surface area contributed by atoms with Crippen molar-refractivity contribution in [1.82, 2.24) is 0 Å². The molecule has 0 aromatic heterocycles. The second-order valence-corrected chi connectivity index (χ2v) is 4.33. The van der Waals surface area contributed by atoms with Crippen molar-refractivity contribution >= 4 is 5.97 Å². The molecule has 14 heavy (non-hydrogen) atoms. The van der Waals surface area contributed by atoms with Gasteiger partial charge in [-0.2, -0.15) is 0 Å². The van der Waals surface area contributed by atoms with Crippen LogP contribution in [-0.2, 0) is 14.3 Å². The molecule has 1 unspecified atom stereocenters. The van der Waals surface area contributed by atoms with Crippen LogP contribution in [0.15, 0.2) is 0 Å². The molecule has 0 fully saturated rings. The number of ether oxygens (including phenoxy) is 2. The molecule has 0 heterocycles. The first kappa shape index (κ1) is 13.4. The average molecular weight is 202 g/mol. The topological polar surface area (TPSA) is 35.5 Å². The van der Waals surface area contributed by atoms with E-state index in [1.165, 1.54) is 0 Å². The first-order chi connectivity index (χ1) is 6.49. The van der Waals surface area contributed by atoms with Gasteiger partial charge in [0.1, 0.15) is 0 Å². The number of carbonyl (C=O) groups excluding carboxylic acids is 1. The van der Waals surface area contributed by atoms with Crippen LogP contribution in [0.3, 0.4) is 0 Å². The summed E-state index contributed by atoms with van der Waals surface area (Å²) in [5, 5.41) is 0. The Bertz CT molecular complexity index is 164. The zero-order chi connectivity index (χ0) is 11.1. The fourth-order valence-electron chi connectivity index (χ4n) is 1.07. The summed E-state index contributed by atoms with van der Waals surface area (Å²) in [7, 11) is 1.60. The van der Waals surface area contributed by atoms with Crippen LogP contribution in [0.5, 0.6) is 0 Å². The Morgan fingerprint density at radius 2 is 1.71 bits per heavy atom. The number of hydrogen-bond acceptors (Lipinski definition) is 3. The second kappa shape index (κ2) is 6.82. The van der Waals surface area contributed by atoms with Gasteiger partial charge in [-0.05, 0) is 11.8 Å². The summed E-state index contributed by atoms with van der Waals surface area (Å²) < 4.78 is 10.2. The molecule has 0 aliphatic rings. The molecule has 84 valence electrons. The van der Waals surface area contributed by atoms with Crippen LogP contribution < -0.4 is 0 Å². The molecule has 0 saturated heterocycles. The molecule has 0 radical (unpaired) electrons. The van der Waals surface area contributed by atoms with E-state index >= 15 is 0 Å². The SMILES string of the molecule is COCC(C(=O)OCC(C)C)C(C)C. The lowest BCUT2D eigenvalue weighted by Gasteiger charge is -2.19. The monoisotopic (exact) mass is 202 g/mol. The third kappa shape index (κ3) is 5.22. The lowest BCUT2D eigenvalue weighted by molar-refractivity contribution is -0.153. The quantitative estimate of drug-likeness (QED) is 0.619. The fraction of sp³-hybridized carbons (Fsp3) is 0.909. The fourth-order valence-corrected chi connectivity index (χ4v) is 1.07. The van der Waals surface area contributed by atoms with Gasteiger partial charge in [-0.25, -0.2) is 0 Å². The van der Waals surface area contributed by atoms with Gasteiger partial charge in [0.2, 0.25) is 0 Å². The zero-order valence-corrected chi connectivity index (χ0v) is 9.87. The number of hydrogen-bond donors (Lipinski definition) is 0. The standard InChI is InChI=1S/C11H22O3/c1-8(2)6-14-11(12)10(7-13-5)9(3)4/h8-10H,6-7H2,1-5H3. The maximum Gasteiger partial charge on any atom is 0.311 e. The minimum absolute atomic E-state index is 0.140. The minimum Gasteiger partial charge on any atom is -0.465 e. The third-order valence-electron chi connectivity index (χ3n) is 2.01. The van der Waals surface area contributed by atoms with E-state index in [4.69, 9.17) is 9.47 Å². The average Bonchev–Trinajstić information content (AvgIpc) is 2.09. The largest absolute Gasteiger partial charge is 0.465 e. The van der Waals surface area contributed by atoms with Crippen molar-refractivity contribution in [2.24, 2.45) is 17.8 Å². The van der Waals surface area contributed by atoms with E-state index in [2.05, 4.69) is 0 Å². The molecule has 1 atom stereocenters. The highest BCUT2D eigenvalue weighted by Gasteiger charge is 2.23. The predicted molar refractivity (Wildman–Crippen MR) is 56.0 cm³/mol. The Kier molecular flexibility index (Phi) is 6.54. The Morgan fingerprint density at radius 3 is 2.07 bits per heavy atom. The van der Waals surface area contributed by atoms with E-state index in [-0.39, 0.29) is 17.8 Å². The first-order valence-electron chi connectivity index (χ1n) is 5.14. The molecule has 0 saturated carbocycles. The summed E-state index contributed by atoms with van der Waals surface area (Å²) in [4.78, 5) is 11.6. The summed E-state index contributed by atoms with van der Waals surface area (Å²) in [5.74, 6) is 0.359. The van der Waals surface area contributed by atoms with Gasteiger partial charge in [-0.3, -0.25) is 4.79 Å². The van der Waals surface area contributed by atoms with Crippen molar-refractivity contribution in [2.75, 3.05) is 20.3 Å². The van der Waals surface area contributed by atoms with Crippen molar-refractivity contribution in [3.63, 3.8) is 0 Å². The lowest BCUT2D eigenvalue weighted by atomic mass is 9.97. The van der Waals surface area contributed by atoms with Gasteiger partial charge in [0.15, 0.2) is 0 Å². The third-order valence-corrected chi connectivity index (χ3v) is 2.01. The molecule has 0 aliphatic carbocycles. The molecular weight excluding hydrogens is 180 g/mol. The normalized spacial score (nSPS) is 13.4. The maximum atomic E-state index is 11.6. The summed E-state index contributed by atoms with van der Waals surface area (Å²) in [6.45, 7) is 8.98. The van der Waals surface area contributed by atoms with Gasteiger partial charge >= 0.3 is 5.97 Å². The minimum atomic E-state index is -0.143. The molecule has 3 heteroatoms. The summed E-state index contributed by atoms with van der Waals surface area (Å²) in [6, 6.07) is 0. The van der Waals surface area contributed by atoms with Crippen molar-refractivity contribution in [3.8, 4) is 0 Å². The first-order valence-corrected chi connectivity index (χ1v) is 5.14. The Balaban J connectivity index is 4.02. The van der Waals surface area contributed by atoms with Crippen LogP contribution in [0.1, 0.15) is 27.7 Å². The molecule has 0 N–H and O–H groups in total. The lowest BCUT2D eigenvalue weighted by Crippen LogP contribution is -2.28. The maximum absolute atomic E-state index is 11.6. The van der Waals surface area contributed by atoms with Crippen molar-refractivity contribution in [1.29, 1.82) is 0 Å². The van der Waals surface area contributed by atoms with E-state index in [1.807, 2.05) is 27.7 Å². The highest BCUT2D eigenvalue weighted by molar-refractivity contribution is 5.72. The van der Waals surface area contributed by atoms with E-state index in [9.17, 15) is 4.79 Å². The molecule has 0 amide bonds. The van der Waals surface area contributed by atoms with Gasteiger partial charge in [0, 0.05) is 7.11 Å².